The van der Waals surface area contributed by atoms with Crippen molar-refractivity contribution in [3.63, 3.8) is 0 Å². The molecule has 1 aromatic rings. The van der Waals surface area contributed by atoms with Crippen molar-refractivity contribution in [1.82, 2.24) is 10.2 Å². The van der Waals surface area contributed by atoms with Gasteiger partial charge in [0.1, 0.15) is 0 Å². The second-order valence-corrected chi connectivity index (χ2v) is 11.1. The van der Waals surface area contributed by atoms with E-state index >= 15 is 0 Å². The molecule has 1 aliphatic carbocycles. The van der Waals surface area contributed by atoms with E-state index in [0.717, 1.165) is 24.0 Å². The number of carboxylic acid groups (broad SMARTS) is 1. The molecule has 0 bridgehead atoms. The van der Waals surface area contributed by atoms with Crippen LogP contribution in [0.3, 0.4) is 0 Å². The van der Waals surface area contributed by atoms with Crippen molar-refractivity contribution in [3.05, 3.63) is 46.1 Å². The normalized spacial score (nSPS) is 23.1. The smallest absolute Gasteiger partial charge is 0.322 e. The number of nitrogens with one attached hydrogen (secondary N) is 1. The molecule has 0 radical (unpaired) electrons. The highest BCUT2D eigenvalue weighted by Crippen LogP contribution is 2.51. The first-order chi connectivity index (χ1) is 15.2. The van der Waals surface area contributed by atoms with Crippen molar-refractivity contribution >= 4 is 23.6 Å². The lowest BCUT2D eigenvalue weighted by molar-refractivity contribution is -0.137. The van der Waals surface area contributed by atoms with E-state index in [2.05, 4.69) is 26.1 Å². The molecule has 2 aliphatic rings. The predicted octanol–water partition coefficient (Wildman–Crippen LogP) is 6.35. The summed E-state index contributed by atoms with van der Waals surface area (Å²) in [6.07, 6.45) is 3.08. The van der Waals surface area contributed by atoms with Gasteiger partial charge in [-0.3, -0.25) is 4.79 Å². The van der Waals surface area contributed by atoms with Gasteiger partial charge in [-0.2, -0.15) is 0 Å². The first-order valence-electron chi connectivity index (χ1n) is 11.4. The molecule has 0 unspecified atom stereocenters. The topological polar surface area (TPSA) is 69.6 Å². The summed E-state index contributed by atoms with van der Waals surface area (Å²) in [4.78, 5) is 25.1. The Bertz CT molecular complexity index is 949. The van der Waals surface area contributed by atoms with Gasteiger partial charge < -0.3 is 15.3 Å². The quantitative estimate of drug-likeness (QED) is 0.453. The largest absolute Gasteiger partial charge is 0.481 e. The zero-order valence-electron chi connectivity index (χ0n) is 19.7. The Morgan fingerprint density at radius 3 is 2.52 bits per heavy atom. The van der Waals surface area contributed by atoms with Crippen LogP contribution in [0.15, 0.2) is 30.0 Å². The van der Waals surface area contributed by atoms with Gasteiger partial charge in [0.15, 0.2) is 0 Å². The van der Waals surface area contributed by atoms with Crippen LogP contribution in [0, 0.1) is 11.3 Å². The third kappa shape index (κ3) is 6.05. The van der Waals surface area contributed by atoms with Crippen molar-refractivity contribution in [3.8, 4) is 0 Å². The minimum absolute atomic E-state index is 0.0721. The van der Waals surface area contributed by atoms with E-state index in [1.807, 2.05) is 25.1 Å². The first-order valence-corrected chi connectivity index (χ1v) is 11.8. The van der Waals surface area contributed by atoms with Crippen molar-refractivity contribution in [1.29, 1.82) is 0 Å². The zero-order chi connectivity index (χ0) is 24.6. The third-order valence-corrected chi connectivity index (χ3v) is 6.94. The summed E-state index contributed by atoms with van der Waals surface area (Å²) in [6.45, 7) is 8.53. The number of carbonyl (C=O) groups excluding carboxylic acids is 1. The molecule has 2 N–H and O–H groups in total. The highest BCUT2D eigenvalue weighted by molar-refractivity contribution is 6.31. The van der Waals surface area contributed by atoms with Crippen LogP contribution in [0.2, 0.25) is 5.02 Å². The molecule has 33 heavy (non-hydrogen) atoms. The minimum Gasteiger partial charge on any atom is -0.481 e. The van der Waals surface area contributed by atoms with Crippen LogP contribution < -0.4 is 5.32 Å². The van der Waals surface area contributed by atoms with E-state index in [1.54, 1.807) is 6.20 Å². The van der Waals surface area contributed by atoms with Crippen LogP contribution in [0.25, 0.3) is 0 Å². The van der Waals surface area contributed by atoms with Gasteiger partial charge in [-0.25, -0.2) is 13.6 Å². The van der Waals surface area contributed by atoms with Crippen LogP contribution in [0.4, 0.5) is 13.6 Å². The van der Waals surface area contributed by atoms with E-state index in [9.17, 15) is 18.4 Å². The number of aryl methyl sites for hydroxylation is 1. The Balaban J connectivity index is 1.90. The summed E-state index contributed by atoms with van der Waals surface area (Å²) in [5.41, 5.74) is 1.64. The Hall–Kier alpha value is -2.15. The van der Waals surface area contributed by atoms with Gasteiger partial charge in [-0.15, -0.1) is 0 Å². The van der Waals surface area contributed by atoms with Crippen LogP contribution in [0.5, 0.6) is 0 Å². The number of benzene rings is 1. The number of carbonyl (C=O) groups is 2. The van der Waals surface area contributed by atoms with E-state index in [0.29, 0.717) is 10.6 Å². The summed E-state index contributed by atoms with van der Waals surface area (Å²) in [7, 11) is 0. The molecule has 0 saturated heterocycles. The summed E-state index contributed by atoms with van der Waals surface area (Å²) in [5, 5.41) is 12.5. The fraction of sp³-hybridized carbons (Fsp3) is 0.600. The minimum atomic E-state index is -2.71. The zero-order valence-corrected chi connectivity index (χ0v) is 20.4. The number of halogens is 3. The number of rotatable bonds is 8. The molecular formula is C25H33ClF2N2O3. The average molecular weight is 483 g/mol. The molecular weight excluding hydrogens is 450 g/mol. The molecule has 1 heterocycles. The second-order valence-electron chi connectivity index (χ2n) is 10.7. The Morgan fingerprint density at radius 1 is 1.30 bits per heavy atom. The lowest BCUT2D eigenvalue weighted by atomic mass is 9.67. The Morgan fingerprint density at radius 2 is 1.97 bits per heavy atom. The van der Waals surface area contributed by atoms with Crippen molar-refractivity contribution in [2.24, 2.45) is 11.3 Å². The van der Waals surface area contributed by atoms with Crippen LogP contribution in [0.1, 0.15) is 70.9 Å². The number of hydrogen-bond donors (Lipinski definition) is 2. The predicted molar refractivity (Wildman–Crippen MR) is 124 cm³/mol. The number of hydrogen-bond acceptors (Lipinski definition) is 2. The lowest BCUT2D eigenvalue weighted by Crippen LogP contribution is -2.57. The van der Waals surface area contributed by atoms with E-state index < -0.39 is 17.4 Å². The average Bonchev–Trinajstić information content (AvgIpc) is 2.66. The summed E-state index contributed by atoms with van der Waals surface area (Å²) in [6, 6.07) is 5.30. The highest BCUT2D eigenvalue weighted by Gasteiger charge is 2.52. The number of amides is 2. The maximum atomic E-state index is 13.7. The van der Waals surface area contributed by atoms with Gasteiger partial charge in [-0.05, 0) is 60.3 Å². The Labute approximate surface area is 199 Å². The number of carboxylic acids is 1. The molecule has 182 valence electrons. The van der Waals surface area contributed by atoms with Gasteiger partial charge in [0.05, 0.1) is 5.54 Å². The fourth-order valence-electron chi connectivity index (χ4n) is 4.48. The lowest BCUT2D eigenvalue weighted by Gasteiger charge is -2.47. The van der Waals surface area contributed by atoms with Crippen LogP contribution >= 0.6 is 11.6 Å². The SMILES string of the molecule is CC(C)(C)CCc1ccc([C@@]2(C)NC(=O)N(CCCC(=O)O)C=C2C2CC(F)(F)C2)cc1Cl. The van der Waals surface area contributed by atoms with E-state index in [4.69, 9.17) is 16.7 Å². The van der Waals surface area contributed by atoms with Gasteiger partial charge in [0, 0.05) is 37.0 Å². The van der Waals surface area contributed by atoms with Crippen molar-refractivity contribution in [2.45, 2.75) is 77.7 Å². The van der Waals surface area contributed by atoms with Crippen LogP contribution in [-0.2, 0) is 16.8 Å². The second kappa shape index (κ2) is 9.24. The number of nitrogens with zero attached hydrogens (tertiary/aromatic N) is 1. The van der Waals surface area contributed by atoms with Gasteiger partial charge in [-0.1, -0.05) is 44.5 Å². The molecule has 1 saturated carbocycles. The van der Waals surface area contributed by atoms with E-state index in [1.165, 1.54) is 4.90 Å². The van der Waals surface area contributed by atoms with Crippen molar-refractivity contribution in [2.75, 3.05) is 6.54 Å². The summed E-state index contributed by atoms with van der Waals surface area (Å²) in [5.74, 6) is -4.04. The Kier molecular flexibility index (Phi) is 7.13. The first kappa shape index (κ1) is 25.5. The fourth-order valence-corrected chi connectivity index (χ4v) is 4.76. The molecule has 8 heteroatoms. The van der Waals surface area contributed by atoms with Crippen LogP contribution in [-0.4, -0.2) is 34.5 Å². The molecule has 5 nitrogen and oxygen atoms in total. The number of alkyl halides is 2. The molecule has 1 fully saturated rings. The highest BCUT2D eigenvalue weighted by atomic mass is 35.5. The van der Waals surface area contributed by atoms with Crippen molar-refractivity contribution < 1.29 is 23.5 Å². The molecule has 0 spiro atoms. The maximum Gasteiger partial charge on any atom is 0.322 e. The molecule has 3 rings (SSSR count). The monoisotopic (exact) mass is 482 g/mol. The summed E-state index contributed by atoms with van der Waals surface area (Å²) < 4.78 is 27.5. The molecule has 2 amide bonds. The van der Waals surface area contributed by atoms with Gasteiger partial charge in [0.2, 0.25) is 5.92 Å². The molecule has 1 aromatic carbocycles. The molecule has 1 atom stereocenters. The standard InChI is InChI=1S/C25H33ClF2N2O3/c1-23(2,3)10-9-16-7-8-18(12-20(16)26)24(4)19(17-13-25(27,28)14-17)15-30(22(33)29-24)11-5-6-21(31)32/h7-8,12,15,17H,5-6,9-11,13-14H2,1-4H3,(H,29,33)(H,31,32)/t24-/m1/s1. The van der Waals surface area contributed by atoms with Gasteiger partial charge >= 0.3 is 12.0 Å². The molecule has 0 aromatic heterocycles. The third-order valence-electron chi connectivity index (χ3n) is 6.58. The summed E-state index contributed by atoms with van der Waals surface area (Å²) >= 11 is 6.60. The maximum absolute atomic E-state index is 13.7. The molecule has 1 aliphatic heterocycles. The van der Waals surface area contributed by atoms with E-state index in [-0.39, 0.29) is 49.6 Å². The van der Waals surface area contributed by atoms with Gasteiger partial charge in [0.25, 0.3) is 0 Å². The number of aliphatic carboxylic acids is 1. The number of urea groups is 1.